The summed E-state index contributed by atoms with van der Waals surface area (Å²) in [5.41, 5.74) is 5.94. The second-order valence-corrected chi connectivity index (χ2v) is 4.91. The minimum atomic E-state index is 0.0208. The van der Waals surface area contributed by atoms with Gasteiger partial charge in [0, 0.05) is 18.0 Å². The van der Waals surface area contributed by atoms with E-state index in [0.717, 1.165) is 19.3 Å². The average Bonchev–Trinajstić information content (AvgIpc) is 2.67. The minimum absolute atomic E-state index is 0.0208. The van der Waals surface area contributed by atoms with Gasteiger partial charge in [-0.15, -0.1) is 0 Å². The van der Waals surface area contributed by atoms with E-state index in [1.807, 2.05) is 0 Å². The van der Waals surface area contributed by atoms with Gasteiger partial charge in [-0.05, 0) is 32.1 Å². The molecule has 0 heterocycles. The predicted octanol–water partition coefficient (Wildman–Crippen LogP) is 1.32. The van der Waals surface area contributed by atoms with Crippen LogP contribution in [0.25, 0.3) is 0 Å². The lowest BCUT2D eigenvalue weighted by Gasteiger charge is -2.13. The molecule has 2 rings (SSSR count). The van der Waals surface area contributed by atoms with E-state index in [9.17, 15) is 4.79 Å². The smallest absolute Gasteiger partial charge is 0.220 e. The molecule has 0 radical (unpaired) electrons. The third kappa shape index (κ3) is 2.71. The first kappa shape index (κ1) is 9.97. The van der Waals surface area contributed by atoms with Crippen LogP contribution < -0.4 is 11.1 Å². The maximum absolute atomic E-state index is 11.5. The lowest BCUT2D eigenvalue weighted by Crippen LogP contribution is -2.34. The van der Waals surface area contributed by atoms with Crippen molar-refractivity contribution >= 4 is 5.91 Å². The predicted molar refractivity (Wildman–Crippen MR) is 55.8 cm³/mol. The van der Waals surface area contributed by atoms with Crippen molar-refractivity contribution in [3.05, 3.63) is 0 Å². The van der Waals surface area contributed by atoms with Crippen molar-refractivity contribution in [3.63, 3.8) is 0 Å². The van der Waals surface area contributed by atoms with Crippen LogP contribution in [-0.4, -0.2) is 17.5 Å². The Kier molecular flexibility index (Phi) is 2.77. The maximum atomic E-state index is 11.5. The largest absolute Gasteiger partial charge is 0.353 e. The zero-order valence-corrected chi connectivity index (χ0v) is 8.72. The van der Waals surface area contributed by atoms with Crippen LogP contribution in [0, 0.1) is 0 Å². The number of rotatable bonds is 4. The lowest BCUT2D eigenvalue weighted by atomic mass is 10.1. The third-order valence-electron chi connectivity index (χ3n) is 3.46. The summed E-state index contributed by atoms with van der Waals surface area (Å²) in [6.45, 7) is 0. The van der Waals surface area contributed by atoms with Gasteiger partial charge >= 0.3 is 0 Å². The van der Waals surface area contributed by atoms with Crippen LogP contribution in [0.3, 0.4) is 0 Å². The van der Waals surface area contributed by atoms with Crippen molar-refractivity contribution in [2.45, 2.75) is 62.9 Å². The molecule has 0 spiro atoms. The highest BCUT2D eigenvalue weighted by Gasteiger charge is 2.37. The first-order chi connectivity index (χ1) is 6.68. The molecule has 3 N–H and O–H groups in total. The third-order valence-corrected chi connectivity index (χ3v) is 3.46. The monoisotopic (exact) mass is 196 g/mol. The van der Waals surface area contributed by atoms with Crippen LogP contribution in [0.5, 0.6) is 0 Å². The molecule has 0 aromatic heterocycles. The summed E-state index contributed by atoms with van der Waals surface area (Å²) in [5.74, 6) is 0.202. The number of hydrogen-bond donors (Lipinski definition) is 2. The zero-order chi connectivity index (χ0) is 10.0. The Labute approximate surface area is 85.4 Å². The molecule has 2 aliphatic carbocycles. The number of nitrogens with two attached hydrogens (primary N) is 1. The topological polar surface area (TPSA) is 55.1 Å². The summed E-state index contributed by atoms with van der Waals surface area (Å²) in [5, 5.41) is 3.08. The van der Waals surface area contributed by atoms with E-state index in [4.69, 9.17) is 5.73 Å². The van der Waals surface area contributed by atoms with Crippen molar-refractivity contribution in [3.8, 4) is 0 Å². The van der Waals surface area contributed by atoms with Crippen molar-refractivity contribution in [2.75, 3.05) is 0 Å². The van der Waals surface area contributed by atoms with Crippen LogP contribution in [0.15, 0.2) is 0 Å². The minimum Gasteiger partial charge on any atom is -0.353 e. The molecule has 0 atom stereocenters. The summed E-state index contributed by atoms with van der Waals surface area (Å²) >= 11 is 0. The number of hydrogen-bond acceptors (Lipinski definition) is 2. The number of carbonyl (C=O) groups excluding carboxylic acids is 1. The van der Waals surface area contributed by atoms with Crippen molar-refractivity contribution in [2.24, 2.45) is 5.73 Å². The number of nitrogens with one attached hydrogen (secondary N) is 1. The molecule has 1 amide bonds. The Hall–Kier alpha value is -0.570. The molecule has 2 saturated carbocycles. The van der Waals surface area contributed by atoms with Gasteiger partial charge in [-0.2, -0.15) is 0 Å². The highest BCUT2D eigenvalue weighted by Crippen LogP contribution is 2.36. The van der Waals surface area contributed by atoms with E-state index in [0.29, 0.717) is 12.5 Å². The van der Waals surface area contributed by atoms with Gasteiger partial charge in [-0.3, -0.25) is 4.79 Å². The molecule has 0 aromatic rings. The molecular formula is C11H20N2O. The Morgan fingerprint density at radius 3 is 2.57 bits per heavy atom. The van der Waals surface area contributed by atoms with Gasteiger partial charge in [0.05, 0.1) is 0 Å². The van der Waals surface area contributed by atoms with Gasteiger partial charge in [-0.1, -0.05) is 12.8 Å². The number of carbonyl (C=O) groups is 1. The SMILES string of the molecule is NC1(CCC(=O)NC2CCCC2)CC1. The second-order valence-electron chi connectivity index (χ2n) is 4.91. The highest BCUT2D eigenvalue weighted by molar-refractivity contribution is 5.76. The van der Waals surface area contributed by atoms with Gasteiger partial charge in [0.2, 0.25) is 5.91 Å². The van der Waals surface area contributed by atoms with Gasteiger partial charge in [0.1, 0.15) is 0 Å². The van der Waals surface area contributed by atoms with Crippen molar-refractivity contribution in [1.82, 2.24) is 5.32 Å². The fourth-order valence-corrected chi connectivity index (χ4v) is 2.14. The van der Waals surface area contributed by atoms with Gasteiger partial charge in [-0.25, -0.2) is 0 Å². The molecule has 14 heavy (non-hydrogen) atoms. The van der Waals surface area contributed by atoms with E-state index in [2.05, 4.69) is 5.32 Å². The summed E-state index contributed by atoms with van der Waals surface area (Å²) in [4.78, 5) is 11.5. The average molecular weight is 196 g/mol. The molecule has 3 heteroatoms. The molecule has 0 aromatic carbocycles. The number of amides is 1. The van der Waals surface area contributed by atoms with Crippen molar-refractivity contribution < 1.29 is 4.79 Å². The van der Waals surface area contributed by atoms with E-state index >= 15 is 0 Å². The Balaban J connectivity index is 1.62. The van der Waals surface area contributed by atoms with Crippen LogP contribution in [0.2, 0.25) is 0 Å². The molecule has 80 valence electrons. The van der Waals surface area contributed by atoms with Gasteiger partial charge in [0.15, 0.2) is 0 Å². The highest BCUT2D eigenvalue weighted by atomic mass is 16.1. The fraction of sp³-hybridized carbons (Fsp3) is 0.909. The Morgan fingerprint density at radius 2 is 2.00 bits per heavy atom. The Bertz CT molecular complexity index is 217. The molecule has 2 aliphatic rings. The molecule has 0 bridgehead atoms. The van der Waals surface area contributed by atoms with Crippen LogP contribution in [0.4, 0.5) is 0 Å². The second kappa shape index (κ2) is 3.89. The molecule has 0 unspecified atom stereocenters. The van der Waals surface area contributed by atoms with Crippen molar-refractivity contribution in [1.29, 1.82) is 0 Å². The van der Waals surface area contributed by atoms with E-state index in [1.165, 1.54) is 25.7 Å². The quantitative estimate of drug-likeness (QED) is 0.712. The Morgan fingerprint density at radius 1 is 1.36 bits per heavy atom. The zero-order valence-electron chi connectivity index (χ0n) is 8.72. The van der Waals surface area contributed by atoms with Crippen LogP contribution >= 0.6 is 0 Å². The summed E-state index contributed by atoms with van der Waals surface area (Å²) in [7, 11) is 0. The van der Waals surface area contributed by atoms with E-state index in [-0.39, 0.29) is 11.4 Å². The van der Waals surface area contributed by atoms with Gasteiger partial charge < -0.3 is 11.1 Å². The van der Waals surface area contributed by atoms with Crippen LogP contribution in [0.1, 0.15) is 51.4 Å². The van der Waals surface area contributed by atoms with E-state index < -0.39 is 0 Å². The molecule has 0 aliphatic heterocycles. The fourth-order valence-electron chi connectivity index (χ4n) is 2.14. The first-order valence-corrected chi connectivity index (χ1v) is 5.76. The summed E-state index contributed by atoms with van der Waals surface area (Å²) in [6, 6.07) is 0.454. The molecule has 0 saturated heterocycles. The van der Waals surface area contributed by atoms with Gasteiger partial charge in [0.25, 0.3) is 0 Å². The molecule has 2 fully saturated rings. The molecular weight excluding hydrogens is 176 g/mol. The maximum Gasteiger partial charge on any atom is 0.220 e. The normalized spacial score (nSPS) is 24.9. The lowest BCUT2D eigenvalue weighted by molar-refractivity contribution is -0.122. The summed E-state index contributed by atoms with van der Waals surface area (Å²) < 4.78 is 0. The first-order valence-electron chi connectivity index (χ1n) is 5.76. The summed E-state index contributed by atoms with van der Waals surface area (Å²) in [6.07, 6.45) is 8.56. The van der Waals surface area contributed by atoms with E-state index in [1.54, 1.807) is 0 Å². The standard InChI is InChI=1S/C11H20N2O/c12-11(7-8-11)6-5-10(14)13-9-3-1-2-4-9/h9H,1-8,12H2,(H,13,14). The molecule has 3 nitrogen and oxygen atoms in total. The van der Waals surface area contributed by atoms with Crippen LogP contribution in [-0.2, 0) is 4.79 Å².